The van der Waals surface area contributed by atoms with E-state index in [4.69, 9.17) is 23.2 Å². The second-order valence-corrected chi connectivity index (χ2v) is 7.41. The highest BCUT2D eigenvalue weighted by Crippen LogP contribution is 2.32. The molecule has 1 aromatic carbocycles. The predicted molar refractivity (Wildman–Crippen MR) is 101 cm³/mol. The van der Waals surface area contributed by atoms with Gasteiger partial charge in [-0.25, -0.2) is 9.97 Å². The van der Waals surface area contributed by atoms with Crippen molar-refractivity contribution in [1.29, 1.82) is 0 Å². The Labute approximate surface area is 153 Å². The first-order chi connectivity index (χ1) is 11.7. The van der Waals surface area contributed by atoms with Gasteiger partial charge in [0, 0.05) is 18.0 Å². The van der Waals surface area contributed by atoms with Crippen molar-refractivity contribution in [2.24, 2.45) is 11.8 Å². The average molecular weight is 361 g/mol. The van der Waals surface area contributed by atoms with Gasteiger partial charge in [0.15, 0.2) is 5.82 Å². The molecule has 1 saturated carbocycles. The molecule has 0 amide bonds. The molecule has 0 atom stereocenters. The van der Waals surface area contributed by atoms with Crippen LogP contribution in [0.5, 0.6) is 0 Å². The van der Waals surface area contributed by atoms with E-state index in [1.807, 2.05) is 18.5 Å². The average Bonchev–Trinajstić information content (AvgIpc) is 2.63. The van der Waals surface area contributed by atoms with E-state index >= 15 is 0 Å². The highest BCUT2D eigenvalue weighted by atomic mass is 35.5. The van der Waals surface area contributed by atoms with Gasteiger partial charge in [-0.05, 0) is 74.1 Å². The van der Waals surface area contributed by atoms with E-state index < -0.39 is 0 Å². The van der Waals surface area contributed by atoms with Gasteiger partial charge in [0.1, 0.15) is 0 Å². The summed E-state index contributed by atoms with van der Waals surface area (Å²) in [5.74, 6) is 2.25. The molecule has 1 aromatic heterocycles. The molecule has 1 aliphatic carbocycles. The minimum Gasteiger partial charge on any atom is -0.236 e. The molecule has 0 bridgehead atoms. The molecule has 4 heteroatoms. The zero-order valence-electron chi connectivity index (χ0n) is 13.7. The number of allylic oxidation sites excluding steroid dienone is 1. The number of halogens is 2. The van der Waals surface area contributed by atoms with Crippen LogP contribution in [0.2, 0.25) is 10.0 Å². The summed E-state index contributed by atoms with van der Waals surface area (Å²) >= 11 is 12.0. The van der Waals surface area contributed by atoms with Crippen molar-refractivity contribution >= 4 is 23.2 Å². The summed E-state index contributed by atoms with van der Waals surface area (Å²) in [4.78, 5) is 8.97. The maximum atomic E-state index is 6.06. The Bertz CT molecular complexity index is 689. The zero-order valence-corrected chi connectivity index (χ0v) is 15.2. The lowest BCUT2D eigenvalue weighted by Gasteiger charge is -2.26. The van der Waals surface area contributed by atoms with Crippen molar-refractivity contribution in [2.75, 3.05) is 0 Å². The molecule has 0 N–H and O–H groups in total. The molecule has 0 unspecified atom stereocenters. The van der Waals surface area contributed by atoms with Crippen LogP contribution in [0.25, 0.3) is 11.4 Å². The zero-order chi connectivity index (χ0) is 16.9. The van der Waals surface area contributed by atoms with Crippen LogP contribution in [-0.4, -0.2) is 9.97 Å². The maximum absolute atomic E-state index is 6.06. The Morgan fingerprint density at radius 2 is 1.75 bits per heavy atom. The lowest BCUT2D eigenvalue weighted by molar-refractivity contribution is 0.296. The third-order valence-corrected chi connectivity index (χ3v) is 5.69. The van der Waals surface area contributed by atoms with Crippen molar-refractivity contribution < 1.29 is 0 Å². The van der Waals surface area contributed by atoms with Crippen LogP contribution in [0.15, 0.2) is 43.2 Å². The lowest BCUT2D eigenvalue weighted by atomic mass is 9.80. The van der Waals surface area contributed by atoms with Crippen molar-refractivity contribution in [3.8, 4) is 11.4 Å². The van der Waals surface area contributed by atoms with Crippen LogP contribution in [0.3, 0.4) is 0 Å². The van der Waals surface area contributed by atoms with Gasteiger partial charge in [0.25, 0.3) is 0 Å². The van der Waals surface area contributed by atoms with Crippen LogP contribution in [0.1, 0.15) is 37.7 Å². The van der Waals surface area contributed by atoms with Crippen LogP contribution in [-0.2, 0) is 6.42 Å². The van der Waals surface area contributed by atoms with Gasteiger partial charge in [-0.1, -0.05) is 29.3 Å². The van der Waals surface area contributed by atoms with Gasteiger partial charge in [-0.3, -0.25) is 0 Å². The number of hydrogen-bond acceptors (Lipinski definition) is 2. The van der Waals surface area contributed by atoms with Crippen molar-refractivity contribution in [2.45, 2.75) is 38.5 Å². The van der Waals surface area contributed by atoms with E-state index in [9.17, 15) is 0 Å². The summed E-state index contributed by atoms with van der Waals surface area (Å²) in [5.41, 5.74) is 2.09. The minimum absolute atomic E-state index is 0.525. The number of aromatic nitrogens is 2. The van der Waals surface area contributed by atoms with E-state index in [0.717, 1.165) is 23.8 Å². The monoisotopic (exact) mass is 360 g/mol. The van der Waals surface area contributed by atoms with E-state index in [2.05, 4.69) is 22.6 Å². The van der Waals surface area contributed by atoms with E-state index in [-0.39, 0.29) is 0 Å². The Balaban J connectivity index is 1.57. The summed E-state index contributed by atoms with van der Waals surface area (Å²) in [6, 6.07) is 5.47. The molecule has 0 radical (unpaired) electrons. The summed E-state index contributed by atoms with van der Waals surface area (Å²) in [7, 11) is 0. The van der Waals surface area contributed by atoms with Crippen LogP contribution >= 0.6 is 23.2 Å². The summed E-state index contributed by atoms with van der Waals surface area (Å²) in [5, 5.41) is 1.07. The maximum Gasteiger partial charge on any atom is 0.159 e. The molecule has 1 fully saturated rings. The molecule has 126 valence electrons. The Morgan fingerprint density at radius 3 is 2.38 bits per heavy atom. The van der Waals surface area contributed by atoms with Gasteiger partial charge in [-0.15, -0.1) is 6.58 Å². The molecule has 0 aliphatic heterocycles. The van der Waals surface area contributed by atoms with E-state index in [1.54, 1.807) is 12.1 Å². The topological polar surface area (TPSA) is 25.8 Å². The number of hydrogen-bond donors (Lipinski definition) is 0. The summed E-state index contributed by atoms with van der Waals surface area (Å²) in [6.07, 6.45) is 13.5. The molecule has 1 aliphatic rings. The molecular weight excluding hydrogens is 339 g/mol. The van der Waals surface area contributed by atoms with Gasteiger partial charge in [-0.2, -0.15) is 0 Å². The number of aryl methyl sites for hydroxylation is 1. The first-order valence-corrected chi connectivity index (χ1v) is 9.30. The quantitative estimate of drug-likeness (QED) is 0.578. The van der Waals surface area contributed by atoms with E-state index in [1.165, 1.54) is 37.7 Å². The SMILES string of the molecule is C=CC1CCC(CCc2cnc(-c3ccc(Cl)c(Cl)c3)nc2)CC1. The smallest absolute Gasteiger partial charge is 0.159 e. The van der Waals surface area contributed by atoms with Crippen molar-refractivity contribution in [3.05, 3.63) is 58.9 Å². The second-order valence-electron chi connectivity index (χ2n) is 6.60. The standard InChI is InChI=1S/C20H22Cl2N2/c1-2-14-3-5-15(6-4-14)7-8-16-12-23-20(24-13-16)17-9-10-18(21)19(22)11-17/h2,9-15H,1,3-8H2. The van der Waals surface area contributed by atoms with Crippen LogP contribution in [0.4, 0.5) is 0 Å². The third-order valence-electron chi connectivity index (χ3n) is 4.95. The van der Waals surface area contributed by atoms with Crippen molar-refractivity contribution in [3.63, 3.8) is 0 Å². The second kappa shape index (κ2) is 8.13. The summed E-state index contributed by atoms with van der Waals surface area (Å²) < 4.78 is 0. The highest BCUT2D eigenvalue weighted by molar-refractivity contribution is 6.42. The molecule has 1 heterocycles. The third kappa shape index (κ3) is 4.37. The highest BCUT2D eigenvalue weighted by Gasteiger charge is 2.18. The lowest BCUT2D eigenvalue weighted by Crippen LogP contribution is -2.13. The largest absolute Gasteiger partial charge is 0.236 e. The molecule has 24 heavy (non-hydrogen) atoms. The molecule has 2 aromatic rings. The van der Waals surface area contributed by atoms with Crippen LogP contribution < -0.4 is 0 Å². The van der Waals surface area contributed by atoms with Gasteiger partial charge >= 0.3 is 0 Å². The Kier molecular flexibility index (Phi) is 5.91. The Hall–Kier alpha value is -1.38. The fraction of sp³-hybridized carbons (Fsp3) is 0.400. The van der Waals surface area contributed by atoms with Crippen LogP contribution in [0, 0.1) is 11.8 Å². The molecule has 2 nitrogen and oxygen atoms in total. The number of benzene rings is 1. The number of nitrogens with zero attached hydrogens (tertiary/aromatic N) is 2. The fourth-order valence-electron chi connectivity index (χ4n) is 3.35. The first-order valence-electron chi connectivity index (χ1n) is 8.54. The van der Waals surface area contributed by atoms with E-state index in [0.29, 0.717) is 15.9 Å². The molecular formula is C20H22Cl2N2. The first kappa shape index (κ1) is 17.4. The molecule has 3 rings (SSSR count). The minimum atomic E-state index is 0.525. The molecule has 0 saturated heterocycles. The Morgan fingerprint density at radius 1 is 1.04 bits per heavy atom. The fourth-order valence-corrected chi connectivity index (χ4v) is 3.65. The predicted octanol–water partition coefficient (Wildman–Crippen LogP) is 6.38. The van der Waals surface area contributed by atoms with Gasteiger partial charge in [0.05, 0.1) is 10.0 Å². The van der Waals surface area contributed by atoms with Gasteiger partial charge in [0.2, 0.25) is 0 Å². The molecule has 0 spiro atoms. The number of rotatable bonds is 5. The normalized spacial score (nSPS) is 20.8. The summed E-state index contributed by atoms with van der Waals surface area (Å²) in [6.45, 7) is 3.91. The van der Waals surface area contributed by atoms with Crippen molar-refractivity contribution in [1.82, 2.24) is 9.97 Å². The van der Waals surface area contributed by atoms with Gasteiger partial charge < -0.3 is 0 Å².